The number of allylic oxidation sites excluding steroid dienone is 1. The molecule has 2 atom stereocenters. The van der Waals surface area contributed by atoms with Gasteiger partial charge in [-0.25, -0.2) is 0 Å². The summed E-state index contributed by atoms with van der Waals surface area (Å²) in [4.78, 5) is 38.6. The zero-order valence-corrected chi connectivity index (χ0v) is 23.6. The number of nitrogens with one attached hydrogen (secondary N) is 2. The highest BCUT2D eigenvalue weighted by Gasteiger charge is 2.44. The summed E-state index contributed by atoms with van der Waals surface area (Å²) in [5.74, 6) is -4.04. The van der Waals surface area contributed by atoms with E-state index in [4.69, 9.17) is 32.7 Å². The van der Waals surface area contributed by atoms with Gasteiger partial charge in [-0.2, -0.15) is 5.26 Å². The highest BCUT2D eigenvalue weighted by Crippen LogP contribution is 2.44. The number of aryl methyl sites for hydroxylation is 2. The zero-order chi connectivity index (χ0) is 28.0. The Morgan fingerprint density at radius 2 is 1.89 bits per heavy atom. The van der Waals surface area contributed by atoms with E-state index in [1.807, 2.05) is 32.0 Å². The van der Waals surface area contributed by atoms with Crippen LogP contribution in [0.4, 0.5) is 5.69 Å². The lowest BCUT2D eigenvalue weighted by atomic mass is 9.78. The number of ether oxygens (including phenoxy) is 2. The van der Waals surface area contributed by atoms with Crippen LogP contribution in [0.2, 0.25) is 10.0 Å². The predicted molar refractivity (Wildman–Crippen MR) is 148 cm³/mol. The molecule has 2 N–H and O–H groups in total. The minimum absolute atomic E-state index is 0.0826. The Balaban J connectivity index is 1.98. The maximum atomic E-state index is 13.1. The fraction of sp³-hybridized carbons (Fsp3) is 0.333. The average molecular weight is 577 g/mol. The molecule has 38 heavy (non-hydrogen) atoms. The second-order valence-corrected chi connectivity index (χ2v) is 10.2. The number of nitrogens with zero attached hydrogens (tertiary/aromatic N) is 1. The Bertz CT molecular complexity index is 1320. The molecule has 200 valence electrons. The van der Waals surface area contributed by atoms with Gasteiger partial charge < -0.3 is 20.1 Å². The SMILES string of the molecule is CCOc1c(Cl)cc([C@H]2C(C#N)=C(SCC(=O)Nc3c(C)cccc3CC)NC(=O)[C@@H]2C(=O)OC)cc1Cl. The first-order chi connectivity index (χ1) is 18.2. The van der Waals surface area contributed by atoms with Crippen molar-refractivity contribution in [2.75, 3.05) is 24.8 Å². The van der Waals surface area contributed by atoms with Crippen LogP contribution in [0.25, 0.3) is 0 Å². The number of methoxy groups -OCH3 is 1. The van der Waals surface area contributed by atoms with Gasteiger partial charge in [0, 0.05) is 11.6 Å². The molecule has 0 saturated heterocycles. The van der Waals surface area contributed by atoms with Crippen LogP contribution in [0.1, 0.15) is 36.5 Å². The minimum atomic E-state index is -1.36. The predicted octanol–water partition coefficient (Wildman–Crippen LogP) is 5.37. The molecule has 1 aliphatic rings. The number of thioether (sulfide) groups is 1. The van der Waals surface area contributed by atoms with Crippen LogP contribution in [0, 0.1) is 24.2 Å². The summed E-state index contributed by atoms with van der Waals surface area (Å²) in [6, 6.07) is 10.9. The van der Waals surface area contributed by atoms with Crippen molar-refractivity contribution in [1.82, 2.24) is 5.32 Å². The van der Waals surface area contributed by atoms with E-state index in [2.05, 4.69) is 16.7 Å². The maximum Gasteiger partial charge on any atom is 0.319 e. The topological polar surface area (TPSA) is 118 Å². The third kappa shape index (κ3) is 6.26. The van der Waals surface area contributed by atoms with E-state index < -0.39 is 23.7 Å². The number of rotatable bonds is 9. The summed E-state index contributed by atoms with van der Waals surface area (Å²) < 4.78 is 10.3. The molecule has 0 radical (unpaired) electrons. The van der Waals surface area contributed by atoms with Gasteiger partial charge in [0.05, 0.1) is 46.2 Å². The Hall–Kier alpha value is -3.19. The molecule has 2 aromatic carbocycles. The quantitative estimate of drug-likeness (QED) is 0.304. The molecule has 0 fully saturated rings. The lowest BCUT2D eigenvalue weighted by molar-refractivity contribution is -0.150. The average Bonchev–Trinajstić information content (AvgIpc) is 2.89. The number of carbonyl (C=O) groups excluding carboxylic acids is 3. The Morgan fingerprint density at radius 1 is 1.21 bits per heavy atom. The normalized spacial score (nSPS) is 16.9. The van der Waals surface area contributed by atoms with E-state index in [1.165, 1.54) is 12.1 Å². The third-order valence-electron chi connectivity index (χ3n) is 6.00. The summed E-state index contributed by atoms with van der Waals surface area (Å²) in [6.45, 7) is 6.00. The van der Waals surface area contributed by atoms with Gasteiger partial charge in [-0.05, 0) is 49.1 Å². The molecule has 0 spiro atoms. The van der Waals surface area contributed by atoms with Gasteiger partial charge in [-0.15, -0.1) is 0 Å². The van der Waals surface area contributed by atoms with Crippen LogP contribution >= 0.6 is 35.0 Å². The molecule has 1 aliphatic heterocycles. The van der Waals surface area contributed by atoms with Gasteiger partial charge in [0.1, 0.15) is 5.92 Å². The minimum Gasteiger partial charge on any atom is -0.491 e. The number of halogens is 2. The van der Waals surface area contributed by atoms with Crippen molar-refractivity contribution >= 4 is 58.4 Å². The van der Waals surface area contributed by atoms with Crippen molar-refractivity contribution in [1.29, 1.82) is 5.26 Å². The smallest absolute Gasteiger partial charge is 0.319 e. The van der Waals surface area contributed by atoms with Gasteiger partial charge in [-0.1, -0.05) is 60.1 Å². The molecule has 0 unspecified atom stereocenters. The third-order valence-corrected chi connectivity index (χ3v) is 7.58. The van der Waals surface area contributed by atoms with Crippen LogP contribution in [0.5, 0.6) is 5.75 Å². The molecule has 0 aromatic heterocycles. The lowest BCUT2D eigenvalue weighted by Crippen LogP contribution is -2.44. The van der Waals surface area contributed by atoms with Crippen molar-refractivity contribution < 1.29 is 23.9 Å². The molecule has 3 rings (SSSR count). The standard InChI is InChI=1S/C27H27Cl2N3O5S/c1-5-15-9-7-8-14(3)23(15)31-20(33)13-38-26-17(12-30)21(22(25(34)32-26)27(35)36-4)16-10-18(28)24(37-6-2)19(29)11-16/h7-11,21-22H,5-6,13H2,1-4H3,(H,31,33)(H,32,34)/t21-,22+/m0/s1. The van der Waals surface area contributed by atoms with Crippen LogP contribution in [0.15, 0.2) is 40.9 Å². The van der Waals surface area contributed by atoms with Gasteiger partial charge in [0.2, 0.25) is 11.8 Å². The van der Waals surface area contributed by atoms with E-state index in [1.54, 1.807) is 6.92 Å². The first-order valence-electron chi connectivity index (χ1n) is 11.8. The molecule has 0 saturated carbocycles. The fourth-order valence-electron chi connectivity index (χ4n) is 4.24. The summed E-state index contributed by atoms with van der Waals surface area (Å²) in [5, 5.41) is 16.1. The van der Waals surface area contributed by atoms with Gasteiger partial charge >= 0.3 is 5.97 Å². The number of hydrogen-bond donors (Lipinski definition) is 2. The first kappa shape index (κ1) is 29.4. The van der Waals surface area contributed by atoms with Crippen LogP contribution in [-0.4, -0.2) is 37.3 Å². The number of para-hydroxylation sites is 1. The summed E-state index contributed by atoms with van der Waals surface area (Å²) in [5.41, 5.74) is 3.11. The van der Waals surface area contributed by atoms with E-state index in [0.717, 1.165) is 42.1 Å². The van der Waals surface area contributed by atoms with Crippen LogP contribution < -0.4 is 15.4 Å². The van der Waals surface area contributed by atoms with Gasteiger partial charge in [-0.3, -0.25) is 14.4 Å². The molecule has 1 heterocycles. The molecule has 2 aromatic rings. The van der Waals surface area contributed by atoms with E-state index in [9.17, 15) is 19.6 Å². The number of carbonyl (C=O) groups is 3. The summed E-state index contributed by atoms with van der Waals surface area (Å²) >= 11 is 13.8. The van der Waals surface area contributed by atoms with E-state index in [-0.39, 0.29) is 38.1 Å². The largest absolute Gasteiger partial charge is 0.491 e. The molecule has 0 bridgehead atoms. The number of benzene rings is 2. The number of nitriles is 1. The Morgan fingerprint density at radius 3 is 2.47 bits per heavy atom. The maximum absolute atomic E-state index is 13.1. The first-order valence-corrected chi connectivity index (χ1v) is 13.6. The van der Waals surface area contributed by atoms with Crippen molar-refractivity contribution in [3.8, 4) is 11.8 Å². The molecular formula is C27H27Cl2N3O5S. The molecule has 2 amide bonds. The zero-order valence-electron chi connectivity index (χ0n) is 21.3. The van der Waals surface area contributed by atoms with Gasteiger partial charge in [0.25, 0.3) is 0 Å². The van der Waals surface area contributed by atoms with Crippen LogP contribution in [-0.2, 0) is 25.5 Å². The van der Waals surface area contributed by atoms with Gasteiger partial charge in [0.15, 0.2) is 5.75 Å². The monoisotopic (exact) mass is 575 g/mol. The number of esters is 1. The lowest BCUT2D eigenvalue weighted by Gasteiger charge is -2.31. The fourth-order valence-corrected chi connectivity index (χ4v) is 5.70. The molecular weight excluding hydrogens is 549 g/mol. The number of amides is 2. The second kappa shape index (κ2) is 13.1. The summed E-state index contributed by atoms with van der Waals surface area (Å²) in [6.07, 6.45) is 0.744. The highest BCUT2D eigenvalue weighted by atomic mass is 35.5. The van der Waals surface area contributed by atoms with Crippen molar-refractivity contribution in [3.05, 3.63) is 67.7 Å². The number of hydrogen-bond acceptors (Lipinski definition) is 7. The number of anilines is 1. The van der Waals surface area contributed by atoms with Crippen molar-refractivity contribution in [2.24, 2.45) is 5.92 Å². The summed E-state index contributed by atoms with van der Waals surface area (Å²) in [7, 11) is 1.16. The molecule has 8 nitrogen and oxygen atoms in total. The Kier molecular flexibility index (Phi) is 10.1. The Labute approximate surface area is 235 Å². The van der Waals surface area contributed by atoms with E-state index >= 15 is 0 Å². The van der Waals surface area contributed by atoms with Crippen molar-refractivity contribution in [3.63, 3.8) is 0 Å². The van der Waals surface area contributed by atoms with E-state index in [0.29, 0.717) is 12.2 Å². The highest BCUT2D eigenvalue weighted by molar-refractivity contribution is 8.03. The molecule has 11 heteroatoms. The van der Waals surface area contributed by atoms with Crippen molar-refractivity contribution in [2.45, 2.75) is 33.1 Å². The molecule has 0 aliphatic carbocycles. The second-order valence-electron chi connectivity index (χ2n) is 8.37. The van der Waals surface area contributed by atoms with Crippen LogP contribution in [0.3, 0.4) is 0 Å².